The number of imidazole rings is 1. The van der Waals surface area contributed by atoms with Crippen LogP contribution < -0.4 is 18.9 Å². The molecule has 0 aliphatic carbocycles. The molecular weight excluding hydrogens is 323 g/mol. The number of nitrogens with zero attached hydrogens (tertiary/aromatic N) is 4. The average molecular weight is 340 g/mol. The second-order valence-corrected chi connectivity index (χ2v) is 5.50. The molecule has 0 aliphatic heterocycles. The van der Waals surface area contributed by atoms with Crippen molar-refractivity contribution in [3.63, 3.8) is 0 Å². The molecule has 0 unspecified atom stereocenters. The molecule has 6 nitrogen and oxygen atoms in total. The van der Waals surface area contributed by atoms with Crippen molar-refractivity contribution in [2.75, 3.05) is 0 Å². The van der Waals surface area contributed by atoms with Gasteiger partial charge in [0.1, 0.15) is 0 Å². The summed E-state index contributed by atoms with van der Waals surface area (Å²) in [6.07, 6.45) is 5.73. The van der Waals surface area contributed by atoms with Crippen molar-refractivity contribution < 1.29 is 28.8 Å². The van der Waals surface area contributed by atoms with Crippen molar-refractivity contribution in [1.82, 2.24) is 19.3 Å². The molecule has 126 valence electrons. The summed E-state index contributed by atoms with van der Waals surface area (Å²) in [5.74, 6) is -0.833. The monoisotopic (exact) mass is 340 g/mol. The Balaban J connectivity index is 0.000000444. The van der Waals surface area contributed by atoms with Crippen LogP contribution in [0.25, 0.3) is 27.8 Å². The molecule has 0 aliphatic rings. The van der Waals surface area contributed by atoms with Crippen molar-refractivity contribution in [1.29, 1.82) is 0 Å². The van der Waals surface area contributed by atoms with Crippen LogP contribution in [0.1, 0.15) is 6.92 Å². The quantitative estimate of drug-likeness (QED) is 0.421. The van der Waals surface area contributed by atoms with Gasteiger partial charge in [0.2, 0.25) is 0 Å². The predicted octanol–water partition coefficient (Wildman–Crippen LogP) is 0.321. The maximum absolute atomic E-state index is 9.00. The normalized spacial score (nSPS) is 9.92. The third-order valence-electron chi connectivity index (χ3n) is 3.56. The first-order valence-corrected chi connectivity index (χ1v) is 7.67. The number of rotatable bonds is 2. The fraction of sp³-hybridized carbons (Fsp3) is 0.105. The topological polar surface area (TPSA) is 72.9 Å². The van der Waals surface area contributed by atoms with Crippen molar-refractivity contribution >= 4 is 17.0 Å². The molecular formula is C19H17LiN4O2. The zero-order valence-corrected chi connectivity index (χ0v) is 14.9. The number of hydrogen-bond acceptors (Lipinski definition) is 3. The molecule has 0 spiro atoms. The van der Waals surface area contributed by atoms with Crippen LogP contribution in [-0.4, -0.2) is 30.4 Å². The number of carbonyl (C=O) groups is 1. The largest absolute Gasteiger partial charge is 1.00 e. The van der Waals surface area contributed by atoms with E-state index in [2.05, 4.69) is 38.9 Å². The smallest absolute Gasteiger partial charge is 0.481 e. The molecule has 4 aromatic rings. The van der Waals surface area contributed by atoms with E-state index in [1.807, 2.05) is 50.0 Å². The van der Waals surface area contributed by atoms with E-state index in [1.54, 1.807) is 4.68 Å². The van der Waals surface area contributed by atoms with Crippen molar-refractivity contribution in [2.45, 2.75) is 6.92 Å². The fourth-order valence-electron chi connectivity index (χ4n) is 2.51. The van der Waals surface area contributed by atoms with Crippen LogP contribution in [0.15, 0.2) is 61.2 Å². The number of fused-ring (bicyclic) bond motifs is 1. The van der Waals surface area contributed by atoms with Gasteiger partial charge in [-0.15, -0.1) is 12.1 Å². The van der Waals surface area contributed by atoms with Gasteiger partial charge in [-0.1, -0.05) is 11.8 Å². The minimum Gasteiger partial charge on any atom is -0.481 e. The van der Waals surface area contributed by atoms with E-state index in [0.29, 0.717) is 0 Å². The van der Waals surface area contributed by atoms with E-state index < -0.39 is 5.97 Å². The third kappa shape index (κ3) is 4.42. The molecule has 1 N–H and O–H groups in total. The van der Waals surface area contributed by atoms with Gasteiger partial charge in [-0.05, 0) is 17.7 Å². The maximum atomic E-state index is 9.00. The number of carboxylic acid groups (broad SMARTS) is 1. The zero-order chi connectivity index (χ0) is 17.8. The molecule has 0 saturated heterocycles. The molecule has 4 rings (SSSR count). The minimum absolute atomic E-state index is 0. The van der Waals surface area contributed by atoms with E-state index in [0.717, 1.165) is 34.8 Å². The first-order valence-electron chi connectivity index (χ1n) is 7.67. The van der Waals surface area contributed by atoms with Crippen molar-refractivity contribution in [3.8, 4) is 16.8 Å². The summed E-state index contributed by atoms with van der Waals surface area (Å²) in [6.45, 7) is 1.08. The van der Waals surface area contributed by atoms with Gasteiger partial charge in [0.05, 0.1) is 23.6 Å². The Morgan fingerprint density at radius 3 is 2.46 bits per heavy atom. The minimum atomic E-state index is -0.833. The van der Waals surface area contributed by atoms with Crippen LogP contribution in [0.5, 0.6) is 0 Å². The van der Waals surface area contributed by atoms with Gasteiger partial charge in [0.15, 0.2) is 0 Å². The maximum Gasteiger partial charge on any atom is 1.00 e. The SMILES string of the molecule is CC(=O)O.Cn1cc(-c2ccc3c(c2)ncn3-c2cc[c-]cc2)cn1.[Li+]. The van der Waals surface area contributed by atoms with E-state index in [4.69, 9.17) is 9.90 Å². The molecule has 7 heteroatoms. The van der Waals surface area contributed by atoms with Gasteiger partial charge in [-0.25, -0.2) is 4.98 Å². The van der Waals surface area contributed by atoms with E-state index in [-0.39, 0.29) is 18.9 Å². The molecule has 0 saturated carbocycles. The van der Waals surface area contributed by atoms with Crippen molar-refractivity contribution in [3.05, 3.63) is 67.3 Å². The second-order valence-electron chi connectivity index (χ2n) is 5.50. The summed E-state index contributed by atoms with van der Waals surface area (Å²) < 4.78 is 3.88. The molecule has 2 aromatic heterocycles. The van der Waals surface area contributed by atoms with Gasteiger partial charge in [0, 0.05) is 25.7 Å². The Bertz CT molecular complexity index is 1000. The molecule has 0 amide bonds. The number of aromatic nitrogens is 4. The Kier molecular flexibility index (Phi) is 6.40. The van der Waals surface area contributed by atoms with Crippen LogP contribution in [0, 0.1) is 6.07 Å². The Hall–Kier alpha value is -2.81. The van der Waals surface area contributed by atoms with Crippen LogP contribution in [0.4, 0.5) is 0 Å². The Labute approximate surface area is 163 Å². The number of benzene rings is 2. The van der Waals surface area contributed by atoms with Crippen molar-refractivity contribution in [2.24, 2.45) is 7.05 Å². The zero-order valence-electron chi connectivity index (χ0n) is 14.9. The van der Waals surface area contributed by atoms with E-state index in [1.165, 1.54) is 0 Å². The Morgan fingerprint density at radius 2 is 1.85 bits per heavy atom. The Morgan fingerprint density at radius 1 is 1.15 bits per heavy atom. The van der Waals surface area contributed by atoms with Crippen LogP contribution in [0.3, 0.4) is 0 Å². The summed E-state index contributed by atoms with van der Waals surface area (Å²) in [5, 5.41) is 11.6. The standard InChI is InChI=1S/C17H13N4.C2H4O2.Li/c1-20-11-14(10-19-20)13-7-8-17-16(9-13)18-12-21(17)15-5-3-2-4-6-15;1-2(3)4;/h3-12H,1H3;1H3,(H,3,4);/q-1;;+1. The fourth-order valence-corrected chi connectivity index (χ4v) is 2.51. The average Bonchev–Trinajstić information content (AvgIpc) is 3.20. The predicted molar refractivity (Wildman–Crippen MR) is 95.4 cm³/mol. The first kappa shape index (κ1) is 19.5. The van der Waals surface area contributed by atoms with E-state index in [9.17, 15) is 0 Å². The summed E-state index contributed by atoms with van der Waals surface area (Å²) in [7, 11) is 1.92. The molecule has 0 radical (unpaired) electrons. The van der Waals surface area contributed by atoms with Crippen LogP contribution in [-0.2, 0) is 11.8 Å². The third-order valence-corrected chi connectivity index (χ3v) is 3.56. The number of carboxylic acids is 1. The van der Waals surface area contributed by atoms with Gasteiger partial charge < -0.3 is 9.67 Å². The number of hydrogen-bond donors (Lipinski definition) is 1. The van der Waals surface area contributed by atoms with Gasteiger partial charge >= 0.3 is 18.9 Å². The van der Waals surface area contributed by atoms with E-state index >= 15 is 0 Å². The van der Waals surface area contributed by atoms with Crippen LogP contribution >= 0.6 is 0 Å². The molecule has 26 heavy (non-hydrogen) atoms. The summed E-state index contributed by atoms with van der Waals surface area (Å²) in [5.41, 5.74) is 5.38. The molecule has 0 fully saturated rings. The van der Waals surface area contributed by atoms with Crippen LogP contribution in [0.2, 0.25) is 0 Å². The number of aliphatic carboxylic acids is 1. The molecule has 2 heterocycles. The summed E-state index contributed by atoms with van der Waals surface area (Å²) in [6, 6.07) is 17.2. The summed E-state index contributed by atoms with van der Waals surface area (Å²) in [4.78, 5) is 13.5. The van der Waals surface area contributed by atoms with Gasteiger partial charge in [-0.3, -0.25) is 9.48 Å². The molecule has 0 bridgehead atoms. The second kappa shape index (κ2) is 8.52. The van der Waals surface area contributed by atoms with Gasteiger partial charge in [-0.2, -0.15) is 23.3 Å². The van der Waals surface area contributed by atoms with Gasteiger partial charge in [0.25, 0.3) is 5.97 Å². The molecule has 0 atom stereocenters. The number of aryl methyl sites for hydroxylation is 1. The molecule has 2 aromatic carbocycles. The summed E-state index contributed by atoms with van der Waals surface area (Å²) >= 11 is 0. The first-order chi connectivity index (χ1) is 12.0.